The van der Waals surface area contributed by atoms with Gasteiger partial charge in [-0.1, -0.05) is 127 Å². The Morgan fingerprint density at radius 1 is 0.308 bits per heavy atom. The lowest BCUT2D eigenvalue weighted by atomic mass is 10.00. The Morgan fingerprint density at radius 3 is 1.63 bits per heavy atom. The van der Waals surface area contributed by atoms with E-state index in [0.717, 1.165) is 82.8 Å². The van der Waals surface area contributed by atoms with Gasteiger partial charge in [0.15, 0.2) is 17.5 Å². The summed E-state index contributed by atoms with van der Waals surface area (Å²) in [5, 5.41) is 11.3. The normalized spacial score (nSPS) is 12.0. The molecular weight excluding hydrogens is 797 g/mol. The van der Waals surface area contributed by atoms with Crippen LogP contribution in [0, 0.1) is 0 Å². The van der Waals surface area contributed by atoms with Crippen LogP contribution in [0.15, 0.2) is 215 Å². The van der Waals surface area contributed by atoms with E-state index in [1.807, 2.05) is 42.5 Å². The first-order valence-corrected chi connectivity index (χ1v) is 21.8. The number of hydrogen-bond acceptors (Lipinski definition) is 5. The van der Waals surface area contributed by atoms with Crippen molar-refractivity contribution in [1.82, 2.24) is 19.5 Å². The van der Waals surface area contributed by atoms with E-state index in [2.05, 4.69) is 168 Å². The third-order valence-corrected chi connectivity index (χ3v) is 13.0. The lowest BCUT2D eigenvalue weighted by Gasteiger charge is -2.11. The first kappa shape index (κ1) is 35.7. The van der Waals surface area contributed by atoms with Gasteiger partial charge in [-0.2, -0.15) is 0 Å². The molecule has 0 saturated heterocycles. The lowest BCUT2D eigenvalue weighted by molar-refractivity contribution is 0.668. The number of benzene rings is 10. The quantitative estimate of drug-likeness (QED) is 0.162. The van der Waals surface area contributed by atoms with Crippen molar-refractivity contribution in [3.05, 3.63) is 206 Å². The Morgan fingerprint density at radius 2 is 0.846 bits per heavy atom. The lowest BCUT2D eigenvalue weighted by Crippen LogP contribution is -2.00. The predicted molar refractivity (Wildman–Crippen MR) is 265 cm³/mol. The van der Waals surface area contributed by atoms with Crippen LogP contribution < -0.4 is 0 Å². The molecule has 6 nitrogen and oxygen atoms in total. The number of aromatic nitrogens is 4. The molecule has 0 fully saturated rings. The molecule has 0 saturated carbocycles. The van der Waals surface area contributed by atoms with Crippen molar-refractivity contribution in [3.8, 4) is 51.0 Å². The highest BCUT2D eigenvalue weighted by molar-refractivity contribution is 6.15. The summed E-state index contributed by atoms with van der Waals surface area (Å²) in [5.74, 6) is 1.76. The van der Waals surface area contributed by atoms with Gasteiger partial charge in [-0.05, 0) is 106 Å². The number of fused-ring (bicyclic) bond motifs is 12. The number of hydrogen-bond donors (Lipinski definition) is 0. The van der Waals surface area contributed by atoms with Crippen molar-refractivity contribution >= 4 is 87.2 Å². The monoisotopic (exact) mass is 830 g/mol. The van der Waals surface area contributed by atoms with Crippen molar-refractivity contribution in [2.75, 3.05) is 0 Å². The van der Waals surface area contributed by atoms with E-state index in [4.69, 9.17) is 23.8 Å². The summed E-state index contributed by atoms with van der Waals surface area (Å²) in [7, 11) is 0. The average Bonchev–Trinajstić information content (AvgIpc) is 4.05. The van der Waals surface area contributed by atoms with Crippen LogP contribution in [0.5, 0.6) is 0 Å². The van der Waals surface area contributed by atoms with Crippen LogP contribution in [-0.4, -0.2) is 19.5 Å². The van der Waals surface area contributed by atoms with E-state index in [-0.39, 0.29) is 0 Å². The minimum absolute atomic E-state index is 0.578. The molecule has 0 aliphatic heterocycles. The standard InChI is InChI=1S/C59H34N4O2/c1-2-12-41(13-3-1)63-51-19-8-6-15-45(51)48-18-10-17-44(56(48)63)37-23-28-47-50-33-40(26-30-54(50)65-55(47)34-37)59-61-57(38-24-27-43-36(31-38)22-21-35-11-4-5-14-42(35)43)60-58(62-59)39-25-29-53-49(32-39)46-16-7-9-20-52(46)64-53/h1-34H. The van der Waals surface area contributed by atoms with E-state index in [9.17, 15) is 0 Å². The molecule has 65 heavy (non-hydrogen) atoms. The summed E-state index contributed by atoms with van der Waals surface area (Å²) >= 11 is 0. The van der Waals surface area contributed by atoms with Crippen LogP contribution in [0.25, 0.3) is 138 Å². The summed E-state index contributed by atoms with van der Waals surface area (Å²) in [6, 6.07) is 72.2. The zero-order valence-electron chi connectivity index (χ0n) is 34.7. The van der Waals surface area contributed by atoms with Gasteiger partial charge in [0.1, 0.15) is 22.3 Å². The van der Waals surface area contributed by atoms with Crippen LogP contribution in [0.3, 0.4) is 0 Å². The molecule has 0 aliphatic rings. The Hall–Kier alpha value is -8.87. The summed E-state index contributed by atoms with van der Waals surface area (Å²) in [6.45, 7) is 0. The molecule has 0 spiro atoms. The third kappa shape index (κ3) is 5.57. The zero-order valence-corrected chi connectivity index (χ0v) is 34.7. The second kappa shape index (κ2) is 13.8. The molecular formula is C59H34N4O2. The van der Waals surface area contributed by atoms with Crippen LogP contribution in [0.4, 0.5) is 0 Å². The first-order chi connectivity index (χ1) is 32.2. The van der Waals surface area contributed by atoms with Crippen molar-refractivity contribution in [3.63, 3.8) is 0 Å². The number of rotatable bonds is 5. The minimum Gasteiger partial charge on any atom is -0.456 e. The number of furan rings is 2. The molecule has 302 valence electrons. The summed E-state index contributed by atoms with van der Waals surface area (Å²) in [5.41, 5.74) is 11.6. The van der Waals surface area contributed by atoms with Gasteiger partial charge < -0.3 is 13.4 Å². The average molecular weight is 831 g/mol. The van der Waals surface area contributed by atoms with E-state index in [1.165, 1.54) is 38.0 Å². The van der Waals surface area contributed by atoms with Crippen LogP contribution in [0.2, 0.25) is 0 Å². The molecule has 10 aromatic carbocycles. The molecule has 0 unspecified atom stereocenters. The molecule has 14 aromatic rings. The fourth-order valence-electron chi connectivity index (χ4n) is 9.96. The van der Waals surface area contributed by atoms with E-state index in [0.29, 0.717) is 17.5 Å². The second-order valence-electron chi connectivity index (χ2n) is 16.8. The fraction of sp³-hybridized carbons (Fsp3) is 0. The highest BCUT2D eigenvalue weighted by atomic mass is 16.3. The van der Waals surface area contributed by atoms with Crippen LogP contribution in [-0.2, 0) is 0 Å². The Balaban J connectivity index is 0.924. The van der Waals surface area contributed by atoms with Gasteiger partial charge in [0.05, 0.1) is 11.0 Å². The molecule has 0 amide bonds. The van der Waals surface area contributed by atoms with E-state index < -0.39 is 0 Å². The van der Waals surface area contributed by atoms with Gasteiger partial charge in [0.2, 0.25) is 0 Å². The third-order valence-electron chi connectivity index (χ3n) is 13.0. The number of para-hydroxylation sites is 4. The first-order valence-electron chi connectivity index (χ1n) is 21.8. The molecule has 0 aliphatic carbocycles. The van der Waals surface area contributed by atoms with E-state index in [1.54, 1.807) is 0 Å². The van der Waals surface area contributed by atoms with Crippen molar-refractivity contribution in [1.29, 1.82) is 0 Å². The minimum atomic E-state index is 0.578. The summed E-state index contributed by atoms with van der Waals surface area (Å²) in [6.07, 6.45) is 0. The summed E-state index contributed by atoms with van der Waals surface area (Å²) in [4.78, 5) is 15.6. The highest BCUT2D eigenvalue weighted by Crippen LogP contribution is 2.41. The van der Waals surface area contributed by atoms with Gasteiger partial charge in [-0.15, -0.1) is 0 Å². The fourth-order valence-corrected chi connectivity index (χ4v) is 9.96. The maximum absolute atomic E-state index is 6.65. The van der Waals surface area contributed by atoms with Gasteiger partial charge in [0.25, 0.3) is 0 Å². The van der Waals surface area contributed by atoms with Crippen LogP contribution in [0.1, 0.15) is 0 Å². The second-order valence-corrected chi connectivity index (χ2v) is 16.8. The maximum Gasteiger partial charge on any atom is 0.164 e. The van der Waals surface area contributed by atoms with Crippen molar-refractivity contribution < 1.29 is 8.83 Å². The van der Waals surface area contributed by atoms with Gasteiger partial charge in [-0.25, -0.2) is 15.0 Å². The Bertz CT molecular complexity index is 4250. The van der Waals surface area contributed by atoms with Gasteiger partial charge in [0, 0.05) is 60.3 Å². The van der Waals surface area contributed by atoms with Crippen molar-refractivity contribution in [2.24, 2.45) is 0 Å². The smallest absolute Gasteiger partial charge is 0.164 e. The van der Waals surface area contributed by atoms with Crippen LogP contribution >= 0.6 is 0 Å². The predicted octanol–water partition coefficient (Wildman–Crippen LogP) is 15.7. The van der Waals surface area contributed by atoms with Gasteiger partial charge >= 0.3 is 0 Å². The zero-order chi connectivity index (χ0) is 42.6. The SMILES string of the molecule is c1ccc(-n2c3ccccc3c3cccc(-c4ccc5c(c4)oc4ccc(-c6nc(-c7ccc8c(ccc9ccccc98)c7)nc(-c7ccc8oc9ccccc9c8c7)n6)cc45)c32)cc1. The molecule has 14 rings (SSSR count). The molecule has 6 heteroatoms. The molecule has 4 heterocycles. The Kier molecular flexibility index (Phi) is 7.59. The molecule has 0 N–H and O–H groups in total. The molecule has 4 aromatic heterocycles. The highest BCUT2D eigenvalue weighted by Gasteiger charge is 2.20. The topological polar surface area (TPSA) is 69.9 Å². The van der Waals surface area contributed by atoms with Gasteiger partial charge in [-0.3, -0.25) is 0 Å². The molecule has 0 atom stereocenters. The van der Waals surface area contributed by atoms with Crippen molar-refractivity contribution in [2.45, 2.75) is 0 Å². The molecule has 0 bridgehead atoms. The molecule has 0 radical (unpaired) electrons. The Labute approximate surface area is 371 Å². The number of nitrogens with zero attached hydrogens (tertiary/aromatic N) is 4. The summed E-state index contributed by atoms with van der Waals surface area (Å²) < 4.78 is 15.2. The largest absolute Gasteiger partial charge is 0.456 e. The maximum atomic E-state index is 6.65. The van der Waals surface area contributed by atoms with E-state index >= 15 is 0 Å².